The number of nitrogens with one attached hydrogen (secondary N) is 1. The van der Waals surface area contributed by atoms with Crippen LogP contribution in [0.5, 0.6) is 5.75 Å². The lowest BCUT2D eigenvalue weighted by molar-refractivity contribution is 0.121. The molecule has 0 spiro atoms. The number of nitriles is 1. The Morgan fingerprint density at radius 1 is 1.39 bits per heavy atom. The second-order valence-corrected chi connectivity index (χ2v) is 4.31. The molecule has 1 aromatic rings. The number of benzene rings is 1. The molecule has 0 radical (unpaired) electrons. The van der Waals surface area contributed by atoms with E-state index in [0.29, 0.717) is 30.6 Å². The Kier molecular flexibility index (Phi) is 6.20. The van der Waals surface area contributed by atoms with Crippen molar-refractivity contribution in [2.24, 2.45) is 0 Å². The lowest BCUT2D eigenvalue weighted by Crippen LogP contribution is -2.26. The molecule has 0 aliphatic carbocycles. The third-order valence-electron chi connectivity index (χ3n) is 2.45. The first-order valence-electron chi connectivity index (χ1n) is 6.05. The normalized spacial score (nSPS) is 10.4. The number of hydrogen-bond acceptors (Lipinski definition) is 4. The highest BCUT2D eigenvalue weighted by atomic mass is 16.5. The van der Waals surface area contributed by atoms with Crippen LogP contribution in [-0.2, 0) is 11.3 Å². The fourth-order valence-corrected chi connectivity index (χ4v) is 1.53. The monoisotopic (exact) mass is 248 g/mol. The summed E-state index contributed by atoms with van der Waals surface area (Å²) in [6.45, 7) is 6.24. The van der Waals surface area contributed by atoms with Gasteiger partial charge in [-0.1, -0.05) is 19.9 Å². The molecule has 0 fully saturated rings. The van der Waals surface area contributed by atoms with E-state index in [9.17, 15) is 0 Å². The van der Waals surface area contributed by atoms with Crippen molar-refractivity contribution in [3.63, 3.8) is 0 Å². The minimum Gasteiger partial charge on any atom is -0.495 e. The van der Waals surface area contributed by atoms with Crippen molar-refractivity contribution < 1.29 is 9.47 Å². The van der Waals surface area contributed by atoms with E-state index < -0.39 is 0 Å². The highest BCUT2D eigenvalue weighted by Gasteiger charge is 2.03. The van der Waals surface area contributed by atoms with Crippen LogP contribution in [-0.4, -0.2) is 26.3 Å². The Morgan fingerprint density at radius 3 is 2.78 bits per heavy atom. The predicted octanol–water partition coefficient (Wildman–Crippen LogP) is 2.08. The molecule has 18 heavy (non-hydrogen) atoms. The summed E-state index contributed by atoms with van der Waals surface area (Å²) in [6, 6.07) is 8.04. The van der Waals surface area contributed by atoms with E-state index in [0.717, 1.165) is 12.1 Å². The van der Waals surface area contributed by atoms with Gasteiger partial charge in [0.2, 0.25) is 0 Å². The van der Waals surface area contributed by atoms with Crippen molar-refractivity contribution >= 4 is 0 Å². The van der Waals surface area contributed by atoms with E-state index in [1.807, 2.05) is 12.1 Å². The Labute approximate surface area is 109 Å². The summed E-state index contributed by atoms with van der Waals surface area (Å²) in [5.74, 6) is 0.596. The first kappa shape index (κ1) is 14.5. The minimum absolute atomic E-state index is 0.476. The molecule has 98 valence electrons. The molecule has 0 aliphatic rings. The zero-order valence-corrected chi connectivity index (χ0v) is 11.2. The number of methoxy groups -OCH3 is 1. The average molecular weight is 248 g/mol. The molecule has 0 aromatic heterocycles. The van der Waals surface area contributed by atoms with Crippen molar-refractivity contribution in [3.05, 3.63) is 29.3 Å². The van der Waals surface area contributed by atoms with Gasteiger partial charge in [0.1, 0.15) is 11.8 Å². The Bertz CT molecular complexity index is 411. The molecule has 0 aliphatic heterocycles. The third-order valence-corrected chi connectivity index (χ3v) is 2.45. The number of hydrogen-bond donors (Lipinski definition) is 1. The lowest BCUT2D eigenvalue weighted by atomic mass is 10.1. The first-order chi connectivity index (χ1) is 8.67. The molecule has 4 heteroatoms. The number of nitrogens with zero attached hydrogens (tertiary/aromatic N) is 1. The molecule has 1 N–H and O–H groups in total. The van der Waals surface area contributed by atoms with Gasteiger partial charge in [0.25, 0.3) is 0 Å². The predicted molar refractivity (Wildman–Crippen MR) is 70.5 cm³/mol. The van der Waals surface area contributed by atoms with Gasteiger partial charge >= 0.3 is 0 Å². The van der Waals surface area contributed by atoms with Gasteiger partial charge in [-0.15, -0.1) is 0 Å². The molecule has 0 atom stereocenters. The standard InChI is InChI=1S/C14H20N2O2/c1-11(2)16-6-7-18-10-12-4-5-13(9-15)14(8-12)17-3/h4-5,8,11,16H,6-7,10H2,1-3H3. The molecule has 4 nitrogen and oxygen atoms in total. The minimum atomic E-state index is 0.476. The molecule has 1 rings (SSSR count). The molecular formula is C14H20N2O2. The van der Waals surface area contributed by atoms with E-state index in [2.05, 4.69) is 25.2 Å². The van der Waals surface area contributed by atoms with Crippen LogP contribution in [0.3, 0.4) is 0 Å². The molecule has 0 bridgehead atoms. The zero-order valence-electron chi connectivity index (χ0n) is 11.2. The second kappa shape index (κ2) is 7.70. The fourth-order valence-electron chi connectivity index (χ4n) is 1.53. The topological polar surface area (TPSA) is 54.3 Å². The highest BCUT2D eigenvalue weighted by molar-refractivity contribution is 5.45. The van der Waals surface area contributed by atoms with E-state index in [1.54, 1.807) is 13.2 Å². The van der Waals surface area contributed by atoms with Gasteiger partial charge in [0.05, 0.1) is 25.9 Å². The molecule has 0 saturated heterocycles. The van der Waals surface area contributed by atoms with Crippen molar-refractivity contribution in [1.82, 2.24) is 5.32 Å². The van der Waals surface area contributed by atoms with E-state index >= 15 is 0 Å². The van der Waals surface area contributed by atoms with Crippen molar-refractivity contribution in [2.75, 3.05) is 20.3 Å². The third kappa shape index (κ3) is 4.74. The molecular weight excluding hydrogens is 228 g/mol. The van der Waals surface area contributed by atoms with E-state index in [1.165, 1.54) is 0 Å². The maximum absolute atomic E-state index is 8.87. The van der Waals surface area contributed by atoms with Gasteiger partial charge in [-0.25, -0.2) is 0 Å². The summed E-state index contributed by atoms with van der Waals surface area (Å²) in [4.78, 5) is 0. The van der Waals surface area contributed by atoms with Gasteiger partial charge in [0, 0.05) is 12.6 Å². The van der Waals surface area contributed by atoms with Gasteiger partial charge in [-0.2, -0.15) is 5.26 Å². The molecule has 0 heterocycles. The average Bonchev–Trinajstić information content (AvgIpc) is 2.37. The summed E-state index contributed by atoms with van der Waals surface area (Å²) >= 11 is 0. The Balaban J connectivity index is 2.41. The smallest absolute Gasteiger partial charge is 0.136 e. The summed E-state index contributed by atoms with van der Waals surface area (Å²) in [6.07, 6.45) is 0. The van der Waals surface area contributed by atoms with E-state index in [4.69, 9.17) is 14.7 Å². The summed E-state index contributed by atoms with van der Waals surface area (Å²) < 4.78 is 10.7. The van der Waals surface area contributed by atoms with Crippen LogP contribution in [0, 0.1) is 11.3 Å². The highest BCUT2D eigenvalue weighted by Crippen LogP contribution is 2.19. The number of rotatable bonds is 7. The van der Waals surface area contributed by atoms with Crippen LogP contribution in [0.15, 0.2) is 18.2 Å². The lowest BCUT2D eigenvalue weighted by Gasteiger charge is -2.09. The largest absolute Gasteiger partial charge is 0.495 e. The van der Waals surface area contributed by atoms with Gasteiger partial charge in [0.15, 0.2) is 0 Å². The van der Waals surface area contributed by atoms with Gasteiger partial charge in [-0.05, 0) is 17.7 Å². The summed E-state index contributed by atoms with van der Waals surface area (Å²) in [5, 5.41) is 12.1. The Morgan fingerprint density at radius 2 is 2.17 bits per heavy atom. The van der Waals surface area contributed by atoms with Gasteiger partial charge < -0.3 is 14.8 Å². The van der Waals surface area contributed by atoms with Crippen LogP contribution in [0.1, 0.15) is 25.0 Å². The fraction of sp³-hybridized carbons (Fsp3) is 0.500. The second-order valence-electron chi connectivity index (χ2n) is 4.31. The maximum atomic E-state index is 8.87. The summed E-state index contributed by atoms with van der Waals surface area (Å²) in [7, 11) is 1.56. The van der Waals surface area contributed by atoms with Crippen molar-refractivity contribution in [1.29, 1.82) is 5.26 Å². The number of ether oxygens (including phenoxy) is 2. The van der Waals surface area contributed by atoms with Crippen molar-refractivity contribution in [2.45, 2.75) is 26.5 Å². The molecule has 1 aromatic carbocycles. The van der Waals surface area contributed by atoms with Crippen LogP contribution in [0.4, 0.5) is 0 Å². The quantitative estimate of drug-likeness (QED) is 0.751. The maximum Gasteiger partial charge on any atom is 0.136 e. The van der Waals surface area contributed by atoms with Gasteiger partial charge in [-0.3, -0.25) is 0 Å². The van der Waals surface area contributed by atoms with Crippen LogP contribution in [0.2, 0.25) is 0 Å². The first-order valence-corrected chi connectivity index (χ1v) is 6.05. The molecule has 0 amide bonds. The van der Waals surface area contributed by atoms with Crippen LogP contribution in [0.25, 0.3) is 0 Å². The van der Waals surface area contributed by atoms with Crippen LogP contribution < -0.4 is 10.1 Å². The van der Waals surface area contributed by atoms with E-state index in [-0.39, 0.29) is 0 Å². The Hall–Kier alpha value is -1.57. The van der Waals surface area contributed by atoms with Crippen LogP contribution >= 0.6 is 0 Å². The SMILES string of the molecule is COc1cc(COCCNC(C)C)ccc1C#N. The summed E-state index contributed by atoms with van der Waals surface area (Å²) in [5.41, 5.74) is 1.55. The molecule has 0 saturated carbocycles. The molecule has 0 unspecified atom stereocenters. The zero-order chi connectivity index (χ0) is 13.4. The van der Waals surface area contributed by atoms with Crippen molar-refractivity contribution in [3.8, 4) is 11.8 Å².